The van der Waals surface area contributed by atoms with Crippen molar-refractivity contribution < 1.29 is 8.42 Å². The molecule has 0 spiro atoms. The Labute approximate surface area is 104 Å². The van der Waals surface area contributed by atoms with Crippen LogP contribution in [0.5, 0.6) is 0 Å². The first-order valence-electron chi connectivity index (χ1n) is 5.06. The smallest absolute Gasteiger partial charge is 0.216 e. The standard InChI is InChI=1S/C12H9N3O2S/c13-9-11(8-12-14-6-7-15-12)18(16,17)10-4-2-1-3-5-10/h1-8H,(H,14,15)/b11-8+. The van der Waals surface area contributed by atoms with Crippen molar-refractivity contribution in [2.45, 2.75) is 4.90 Å². The summed E-state index contributed by atoms with van der Waals surface area (Å²) >= 11 is 0. The summed E-state index contributed by atoms with van der Waals surface area (Å²) in [7, 11) is -3.79. The fraction of sp³-hybridized carbons (Fsp3) is 0. The minimum atomic E-state index is -3.79. The average Bonchev–Trinajstić information content (AvgIpc) is 2.89. The van der Waals surface area contributed by atoms with Gasteiger partial charge in [-0.2, -0.15) is 5.26 Å². The van der Waals surface area contributed by atoms with Crippen molar-refractivity contribution in [3.63, 3.8) is 0 Å². The van der Waals surface area contributed by atoms with E-state index in [4.69, 9.17) is 5.26 Å². The van der Waals surface area contributed by atoms with Crippen LogP contribution < -0.4 is 0 Å². The number of rotatable bonds is 3. The quantitative estimate of drug-likeness (QED) is 0.851. The Morgan fingerprint density at radius 1 is 1.33 bits per heavy atom. The number of nitrogens with zero attached hydrogens (tertiary/aromatic N) is 2. The minimum absolute atomic E-state index is 0.0874. The van der Waals surface area contributed by atoms with Gasteiger partial charge >= 0.3 is 0 Å². The highest BCUT2D eigenvalue weighted by Gasteiger charge is 2.20. The van der Waals surface area contributed by atoms with Gasteiger partial charge in [0.15, 0.2) is 4.91 Å². The Bertz CT molecular complexity index is 696. The van der Waals surface area contributed by atoms with Gasteiger partial charge in [0.1, 0.15) is 11.9 Å². The van der Waals surface area contributed by atoms with Crippen molar-refractivity contribution in [2.75, 3.05) is 0 Å². The first-order chi connectivity index (χ1) is 8.64. The number of hydrogen-bond acceptors (Lipinski definition) is 4. The fourth-order valence-electron chi connectivity index (χ4n) is 1.38. The molecule has 1 aromatic heterocycles. The average molecular weight is 259 g/mol. The molecule has 18 heavy (non-hydrogen) atoms. The van der Waals surface area contributed by atoms with Crippen LogP contribution in [0.3, 0.4) is 0 Å². The molecule has 0 radical (unpaired) electrons. The molecule has 0 aliphatic carbocycles. The van der Waals surface area contributed by atoms with Crippen LogP contribution in [0.1, 0.15) is 5.82 Å². The Kier molecular flexibility index (Phi) is 3.26. The molecular weight excluding hydrogens is 250 g/mol. The summed E-state index contributed by atoms with van der Waals surface area (Å²) in [5, 5.41) is 8.98. The lowest BCUT2D eigenvalue weighted by Crippen LogP contribution is -2.03. The Hall–Kier alpha value is -2.39. The Morgan fingerprint density at radius 2 is 2.06 bits per heavy atom. The van der Waals surface area contributed by atoms with Gasteiger partial charge in [-0.25, -0.2) is 13.4 Å². The third-order valence-electron chi connectivity index (χ3n) is 2.24. The molecule has 2 rings (SSSR count). The van der Waals surface area contributed by atoms with Crippen molar-refractivity contribution in [1.29, 1.82) is 5.26 Å². The van der Waals surface area contributed by atoms with Gasteiger partial charge in [0.2, 0.25) is 9.84 Å². The van der Waals surface area contributed by atoms with Crippen molar-refractivity contribution in [3.05, 3.63) is 53.5 Å². The maximum absolute atomic E-state index is 12.2. The van der Waals surface area contributed by atoms with E-state index in [9.17, 15) is 8.42 Å². The van der Waals surface area contributed by atoms with Gasteiger partial charge in [-0.3, -0.25) is 0 Å². The lowest BCUT2D eigenvalue weighted by Gasteiger charge is -2.01. The molecule has 5 nitrogen and oxygen atoms in total. The molecule has 0 amide bonds. The molecule has 0 bridgehead atoms. The zero-order valence-electron chi connectivity index (χ0n) is 9.24. The van der Waals surface area contributed by atoms with Crippen LogP contribution >= 0.6 is 0 Å². The van der Waals surface area contributed by atoms with Crippen LogP contribution in [0, 0.1) is 11.3 Å². The van der Waals surface area contributed by atoms with E-state index in [0.29, 0.717) is 5.82 Å². The largest absolute Gasteiger partial charge is 0.345 e. The van der Waals surface area contributed by atoms with Crippen molar-refractivity contribution in [2.24, 2.45) is 0 Å². The Balaban J connectivity index is 2.50. The molecule has 1 N–H and O–H groups in total. The summed E-state index contributed by atoms with van der Waals surface area (Å²) in [5.74, 6) is 0.325. The molecule has 6 heteroatoms. The third kappa shape index (κ3) is 2.31. The number of H-pyrrole nitrogens is 1. The van der Waals surface area contributed by atoms with Crippen LogP contribution in [0.25, 0.3) is 6.08 Å². The highest BCUT2D eigenvalue weighted by molar-refractivity contribution is 7.95. The van der Waals surface area contributed by atoms with E-state index in [-0.39, 0.29) is 9.80 Å². The normalized spacial score (nSPS) is 12.1. The van der Waals surface area contributed by atoms with Crippen molar-refractivity contribution in [1.82, 2.24) is 9.97 Å². The lowest BCUT2D eigenvalue weighted by atomic mass is 10.4. The highest BCUT2D eigenvalue weighted by Crippen LogP contribution is 2.19. The van der Waals surface area contributed by atoms with E-state index in [1.807, 2.05) is 0 Å². The highest BCUT2D eigenvalue weighted by atomic mass is 32.2. The molecule has 0 unspecified atom stereocenters. The first-order valence-corrected chi connectivity index (χ1v) is 6.54. The summed E-state index contributed by atoms with van der Waals surface area (Å²) in [4.78, 5) is 6.33. The summed E-state index contributed by atoms with van der Waals surface area (Å²) in [5.41, 5.74) is 0. The summed E-state index contributed by atoms with van der Waals surface area (Å²) in [6.07, 6.45) is 4.24. The van der Waals surface area contributed by atoms with Gasteiger partial charge < -0.3 is 4.98 Å². The predicted octanol–water partition coefficient (Wildman–Crippen LogP) is 1.75. The van der Waals surface area contributed by atoms with E-state index in [1.54, 1.807) is 30.5 Å². The second kappa shape index (κ2) is 4.85. The van der Waals surface area contributed by atoms with E-state index in [2.05, 4.69) is 9.97 Å². The molecule has 2 aromatic rings. The first kappa shape index (κ1) is 12.1. The van der Waals surface area contributed by atoms with Gasteiger partial charge in [-0.1, -0.05) is 18.2 Å². The molecule has 0 saturated carbocycles. The fourth-order valence-corrected chi connectivity index (χ4v) is 2.53. The molecule has 1 heterocycles. The number of nitrogens with one attached hydrogen (secondary N) is 1. The van der Waals surface area contributed by atoms with Gasteiger partial charge in [0, 0.05) is 18.5 Å². The second-order valence-corrected chi connectivity index (χ2v) is 5.33. The number of benzene rings is 1. The SMILES string of the molecule is N#C/C(=C\c1ncc[nH]1)S(=O)(=O)c1ccccc1. The summed E-state index contributed by atoms with van der Waals surface area (Å²) < 4.78 is 24.3. The van der Waals surface area contributed by atoms with Gasteiger partial charge in [-0.05, 0) is 12.1 Å². The van der Waals surface area contributed by atoms with E-state index < -0.39 is 9.84 Å². The van der Waals surface area contributed by atoms with Gasteiger partial charge in [-0.15, -0.1) is 0 Å². The molecule has 0 saturated heterocycles. The number of imidazole rings is 1. The number of allylic oxidation sites excluding steroid dienone is 1. The van der Waals surface area contributed by atoms with E-state index in [1.165, 1.54) is 24.4 Å². The summed E-state index contributed by atoms with van der Waals surface area (Å²) in [6.45, 7) is 0. The molecule has 0 fully saturated rings. The molecule has 1 aromatic carbocycles. The van der Waals surface area contributed by atoms with E-state index in [0.717, 1.165) is 0 Å². The van der Waals surface area contributed by atoms with Gasteiger partial charge in [0.05, 0.1) is 4.90 Å². The number of nitriles is 1. The molecule has 0 aliphatic rings. The lowest BCUT2D eigenvalue weighted by molar-refractivity contribution is 0.603. The third-order valence-corrected chi connectivity index (χ3v) is 3.92. The molecule has 90 valence electrons. The minimum Gasteiger partial charge on any atom is -0.345 e. The van der Waals surface area contributed by atoms with Crippen molar-refractivity contribution in [3.8, 4) is 6.07 Å². The zero-order chi connectivity index (χ0) is 13.0. The molecular formula is C12H9N3O2S. The zero-order valence-corrected chi connectivity index (χ0v) is 10.1. The van der Waals surface area contributed by atoms with Crippen LogP contribution in [0.4, 0.5) is 0 Å². The maximum atomic E-state index is 12.2. The monoisotopic (exact) mass is 259 g/mol. The van der Waals surface area contributed by atoms with Gasteiger partial charge in [0.25, 0.3) is 0 Å². The summed E-state index contributed by atoms with van der Waals surface area (Å²) in [6, 6.07) is 9.51. The number of sulfone groups is 1. The van der Waals surface area contributed by atoms with E-state index >= 15 is 0 Å². The molecule has 0 aliphatic heterocycles. The molecule has 0 atom stereocenters. The van der Waals surface area contributed by atoms with Crippen LogP contribution in [-0.4, -0.2) is 18.4 Å². The van der Waals surface area contributed by atoms with Crippen molar-refractivity contribution >= 4 is 15.9 Å². The second-order valence-electron chi connectivity index (χ2n) is 3.41. The van der Waals surface area contributed by atoms with Crippen LogP contribution in [0.15, 0.2) is 52.5 Å². The number of hydrogen-bond donors (Lipinski definition) is 1. The van der Waals surface area contributed by atoms with Crippen LogP contribution in [-0.2, 0) is 9.84 Å². The Morgan fingerprint density at radius 3 is 2.61 bits per heavy atom. The number of aromatic nitrogens is 2. The maximum Gasteiger partial charge on any atom is 0.216 e. The van der Waals surface area contributed by atoms with Crippen LogP contribution in [0.2, 0.25) is 0 Å². The topological polar surface area (TPSA) is 86.6 Å². The predicted molar refractivity (Wildman–Crippen MR) is 65.8 cm³/mol. The number of aromatic amines is 1.